The lowest BCUT2D eigenvalue weighted by atomic mass is 10.1. The van der Waals surface area contributed by atoms with Crippen LogP contribution in [0.1, 0.15) is 47.0 Å². The van der Waals surface area contributed by atoms with Crippen LogP contribution in [0.25, 0.3) is 0 Å². The molecule has 0 spiro atoms. The van der Waals surface area contributed by atoms with E-state index in [0.717, 1.165) is 19.3 Å². The third kappa shape index (κ3) is 13.1. The van der Waals surface area contributed by atoms with Gasteiger partial charge in [0.1, 0.15) is 0 Å². The summed E-state index contributed by atoms with van der Waals surface area (Å²) in [6.07, 6.45) is 4.16. The molecule has 0 saturated heterocycles. The van der Waals surface area contributed by atoms with Gasteiger partial charge in [-0.25, -0.2) is 0 Å². The molecule has 5 nitrogen and oxygen atoms in total. The maximum Gasteiger partial charge on any atom is 0.0873 e. The third-order valence-electron chi connectivity index (χ3n) is 3.15. The number of unbranched alkanes of at least 4 members (excludes halogenated alkanes) is 1. The SMILES string of the molecule is C=COCCCCOCC(C)(C)OCCC(C)(C)OCCO. The van der Waals surface area contributed by atoms with Crippen molar-refractivity contribution in [2.24, 2.45) is 0 Å². The van der Waals surface area contributed by atoms with Gasteiger partial charge in [-0.15, -0.1) is 0 Å². The first-order valence-corrected chi connectivity index (χ1v) is 8.02. The first-order valence-electron chi connectivity index (χ1n) is 8.02. The number of hydrogen-bond donors (Lipinski definition) is 1. The lowest BCUT2D eigenvalue weighted by Crippen LogP contribution is -2.34. The molecule has 22 heavy (non-hydrogen) atoms. The number of aliphatic hydroxyl groups is 1. The molecule has 0 saturated carbocycles. The number of aliphatic hydroxyl groups excluding tert-OH is 1. The molecule has 1 N–H and O–H groups in total. The Bertz CT molecular complexity index is 276. The lowest BCUT2D eigenvalue weighted by molar-refractivity contribution is -0.102. The maximum absolute atomic E-state index is 8.79. The van der Waals surface area contributed by atoms with E-state index in [-0.39, 0.29) is 17.8 Å². The zero-order valence-corrected chi connectivity index (χ0v) is 14.7. The Labute approximate surface area is 135 Å². The van der Waals surface area contributed by atoms with E-state index in [9.17, 15) is 0 Å². The van der Waals surface area contributed by atoms with Gasteiger partial charge in [0.25, 0.3) is 0 Å². The summed E-state index contributed by atoms with van der Waals surface area (Å²) < 4.78 is 22.1. The fourth-order valence-corrected chi connectivity index (χ4v) is 1.80. The molecular weight excluding hydrogens is 284 g/mol. The van der Waals surface area contributed by atoms with Crippen molar-refractivity contribution in [1.29, 1.82) is 0 Å². The average molecular weight is 318 g/mol. The average Bonchev–Trinajstić information content (AvgIpc) is 2.43. The van der Waals surface area contributed by atoms with E-state index < -0.39 is 0 Å². The zero-order chi connectivity index (χ0) is 16.9. The Hall–Kier alpha value is -0.620. The molecule has 0 heterocycles. The van der Waals surface area contributed by atoms with Crippen molar-refractivity contribution in [3.8, 4) is 0 Å². The van der Waals surface area contributed by atoms with Gasteiger partial charge < -0.3 is 24.1 Å². The van der Waals surface area contributed by atoms with Crippen LogP contribution in [-0.2, 0) is 18.9 Å². The van der Waals surface area contributed by atoms with Crippen LogP contribution in [0, 0.1) is 0 Å². The molecule has 0 unspecified atom stereocenters. The summed E-state index contributed by atoms with van der Waals surface area (Å²) in [5.41, 5.74) is -0.602. The summed E-state index contributed by atoms with van der Waals surface area (Å²) in [6.45, 7) is 14.5. The summed E-state index contributed by atoms with van der Waals surface area (Å²) in [5.74, 6) is 0. The van der Waals surface area contributed by atoms with E-state index >= 15 is 0 Å². The fourth-order valence-electron chi connectivity index (χ4n) is 1.80. The van der Waals surface area contributed by atoms with Crippen molar-refractivity contribution in [3.05, 3.63) is 12.8 Å². The number of hydrogen-bond acceptors (Lipinski definition) is 5. The highest BCUT2D eigenvalue weighted by molar-refractivity contribution is 4.72. The van der Waals surface area contributed by atoms with Gasteiger partial charge in [-0.05, 0) is 47.0 Å². The van der Waals surface area contributed by atoms with Gasteiger partial charge in [0.05, 0.1) is 50.5 Å². The molecule has 0 bridgehead atoms. The zero-order valence-electron chi connectivity index (χ0n) is 14.7. The first-order chi connectivity index (χ1) is 10.3. The molecule has 0 fully saturated rings. The van der Waals surface area contributed by atoms with Crippen LogP contribution in [0.2, 0.25) is 0 Å². The predicted molar refractivity (Wildman–Crippen MR) is 88.0 cm³/mol. The molecule has 0 aliphatic heterocycles. The van der Waals surface area contributed by atoms with Crippen molar-refractivity contribution in [3.63, 3.8) is 0 Å². The van der Waals surface area contributed by atoms with Crippen LogP contribution >= 0.6 is 0 Å². The molecule has 0 aliphatic carbocycles. The minimum atomic E-state index is -0.315. The number of ether oxygens (including phenoxy) is 4. The summed E-state index contributed by atoms with van der Waals surface area (Å²) in [6, 6.07) is 0. The monoisotopic (exact) mass is 318 g/mol. The Morgan fingerprint density at radius 1 is 0.909 bits per heavy atom. The normalized spacial score (nSPS) is 12.4. The third-order valence-corrected chi connectivity index (χ3v) is 3.15. The Morgan fingerprint density at radius 2 is 1.55 bits per heavy atom. The Balaban J connectivity index is 3.69. The molecule has 0 atom stereocenters. The van der Waals surface area contributed by atoms with Crippen LogP contribution in [0.4, 0.5) is 0 Å². The molecule has 5 heteroatoms. The molecule has 0 radical (unpaired) electrons. The highest BCUT2D eigenvalue weighted by atomic mass is 16.5. The largest absolute Gasteiger partial charge is 0.502 e. The minimum absolute atomic E-state index is 0.0431. The molecule has 132 valence electrons. The molecule has 0 rings (SSSR count). The van der Waals surface area contributed by atoms with Crippen LogP contribution in [0.15, 0.2) is 12.8 Å². The van der Waals surface area contributed by atoms with Crippen LogP contribution in [0.5, 0.6) is 0 Å². The van der Waals surface area contributed by atoms with Crippen molar-refractivity contribution in [2.45, 2.75) is 58.2 Å². The van der Waals surface area contributed by atoms with Gasteiger partial charge in [0.15, 0.2) is 0 Å². The van der Waals surface area contributed by atoms with E-state index in [2.05, 4.69) is 6.58 Å². The standard InChI is InChI=1S/C17H34O5/c1-6-19-11-7-8-12-20-15-17(4,5)21-13-9-16(2,3)22-14-10-18/h6,18H,1,7-15H2,2-5H3. The second-order valence-electron chi connectivity index (χ2n) is 6.49. The predicted octanol–water partition coefficient (Wildman–Crippen LogP) is 2.92. The topological polar surface area (TPSA) is 57.2 Å². The summed E-state index contributed by atoms with van der Waals surface area (Å²) in [5, 5.41) is 8.79. The molecule has 0 aromatic heterocycles. The Kier molecular flexibility index (Phi) is 11.5. The highest BCUT2D eigenvalue weighted by Crippen LogP contribution is 2.17. The van der Waals surface area contributed by atoms with Crippen molar-refractivity contribution >= 4 is 0 Å². The number of rotatable bonds is 15. The second-order valence-corrected chi connectivity index (χ2v) is 6.49. The minimum Gasteiger partial charge on any atom is -0.502 e. The van der Waals surface area contributed by atoms with Gasteiger partial charge in [-0.3, -0.25) is 0 Å². The van der Waals surface area contributed by atoms with Gasteiger partial charge >= 0.3 is 0 Å². The smallest absolute Gasteiger partial charge is 0.0873 e. The van der Waals surface area contributed by atoms with Crippen LogP contribution in [-0.4, -0.2) is 55.9 Å². The molecular formula is C17H34O5. The van der Waals surface area contributed by atoms with E-state index in [4.69, 9.17) is 24.1 Å². The molecule has 0 aliphatic rings. The molecule has 0 aromatic carbocycles. The maximum atomic E-state index is 8.79. The van der Waals surface area contributed by atoms with Gasteiger partial charge in [-0.2, -0.15) is 0 Å². The van der Waals surface area contributed by atoms with E-state index in [0.29, 0.717) is 33.0 Å². The van der Waals surface area contributed by atoms with E-state index in [1.165, 1.54) is 6.26 Å². The van der Waals surface area contributed by atoms with Crippen LogP contribution < -0.4 is 0 Å². The van der Waals surface area contributed by atoms with Crippen molar-refractivity contribution in [1.82, 2.24) is 0 Å². The van der Waals surface area contributed by atoms with E-state index in [1.807, 2.05) is 27.7 Å². The second kappa shape index (κ2) is 11.9. The quantitative estimate of drug-likeness (QED) is 0.372. The highest BCUT2D eigenvalue weighted by Gasteiger charge is 2.22. The molecule has 0 aromatic rings. The summed E-state index contributed by atoms with van der Waals surface area (Å²) >= 11 is 0. The van der Waals surface area contributed by atoms with E-state index in [1.54, 1.807) is 0 Å². The van der Waals surface area contributed by atoms with Gasteiger partial charge in [0.2, 0.25) is 0 Å². The van der Waals surface area contributed by atoms with Gasteiger partial charge in [0, 0.05) is 6.61 Å². The van der Waals surface area contributed by atoms with Crippen molar-refractivity contribution in [2.75, 3.05) is 39.6 Å². The Morgan fingerprint density at radius 3 is 2.18 bits per heavy atom. The van der Waals surface area contributed by atoms with Crippen molar-refractivity contribution < 1.29 is 24.1 Å². The van der Waals surface area contributed by atoms with Gasteiger partial charge in [-0.1, -0.05) is 6.58 Å². The lowest BCUT2D eigenvalue weighted by Gasteiger charge is -2.29. The molecule has 0 amide bonds. The summed E-state index contributed by atoms with van der Waals surface area (Å²) in [7, 11) is 0. The first kappa shape index (κ1) is 21.4. The summed E-state index contributed by atoms with van der Waals surface area (Å²) in [4.78, 5) is 0. The fraction of sp³-hybridized carbons (Fsp3) is 0.882. The van der Waals surface area contributed by atoms with Crippen LogP contribution in [0.3, 0.4) is 0 Å².